The summed E-state index contributed by atoms with van der Waals surface area (Å²) in [6, 6.07) is 13.5. The summed E-state index contributed by atoms with van der Waals surface area (Å²) in [7, 11) is 1.55. The van der Waals surface area contributed by atoms with Gasteiger partial charge in [-0.25, -0.2) is 0 Å². The van der Waals surface area contributed by atoms with E-state index in [1.807, 2.05) is 30.3 Å². The highest BCUT2D eigenvalue weighted by Crippen LogP contribution is 2.37. The van der Waals surface area contributed by atoms with Gasteiger partial charge in [0.1, 0.15) is 10.1 Å². The van der Waals surface area contributed by atoms with Crippen LogP contribution in [-0.4, -0.2) is 34.0 Å². The minimum absolute atomic E-state index is 0.0223. The van der Waals surface area contributed by atoms with Gasteiger partial charge in [-0.2, -0.15) is 0 Å². The standard InChI is InChI=1S/C19H17Cl2NO2S2/c1-24-17-13(9-14(20)11-15(17)21)10-16-18(23)22(19(25)26-16)8-7-12-5-3-2-4-6-12/h2-6,9,11,16H,7-8,10H2,1H3/t16-/m0/s1. The molecule has 2 aromatic rings. The Hall–Kier alpha value is -1.27. The number of methoxy groups -OCH3 is 1. The van der Waals surface area contributed by atoms with Gasteiger partial charge in [0.25, 0.3) is 0 Å². The normalized spacial score (nSPS) is 17.0. The molecule has 0 saturated carbocycles. The molecule has 1 aliphatic heterocycles. The number of carbonyl (C=O) groups is 1. The lowest BCUT2D eigenvalue weighted by Gasteiger charge is -2.16. The number of hydrogen-bond donors (Lipinski definition) is 0. The number of amides is 1. The third-order valence-electron chi connectivity index (χ3n) is 4.17. The van der Waals surface area contributed by atoms with Gasteiger partial charge < -0.3 is 4.74 Å². The summed E-state index contributed by atoms with van der Waals surface area (Å²) in [5.41, 5.74) is 1.99. The molecule has 1 saturated heterocycles. The molecule has 0 radical (unpaired) electrons. The molecule has 2 aromatic carbocycles. The molecule has 1 atom stereocenters. The molecule has 0 N–H and O–H groups in total. The molecule has 3 nitrogen and oxygen atoms in total. The SMILES string of the molecule is COc1c(Cl)cc(Cl)cc1C[C@@H]1SC(=S)N(CCc2ccccc2)C1=O. The average Bonchev–Trinajstić information content (AvgIpc) is 2.87. The van der Waals surface area contributed by atoms with Crippen molar-refractivity contribution in [2.24, 2.45) is 0 Å². The van der Waals surface area contributed by atoms with E-state index in [9.17, 15) is 4.79 Å². The Morgan fingerprint density at radius 2 is 1.96 bits per heavy atom. The van der Waals surface area contributed by atoms with Gasteiger partial charge in [0.15, 0.2) is 0 Å². The van der Waals surface area contributed by atoms with E-state index in [1.54, 1.807) is 24.1 Å². The van der Waals surface area contributed by atoms with Crippen LogP contribution in [0.3, 0.4) is 0 Å². The van der Waals surface area contributed by atoms with Crippen molar-refractivity contribution >= 4 is 57.4 Å². The van der Waals surface area contributed by atoms with Gasteiger partial charge in [-0.15, -0.1) is 0 Å². The third-order valence-corrected chi connectivity index (χ3v) is 6.25. The molecule has 1 amide bonds. The molecule has 136 valence electrons. The molecule has 1 aliphatic rings. The van der Waals surface area contributed by atoms with Crippen LogP contribution in [0.2, 0.25) is 10.0 Å². The van der Waals surface area contributed by atoms with E-state index in [2.05, 4.69) is 0 Å². The van der Waals surface area contributed by atoms with Crippen LogP contribution in [-0.2, 0) is 17.6 Å². The lowest BCUT2D eigenvalue weighted by molar-refractivity contribution is -0.126. The molecule has 26 heavy (non-hydrogen) atoms. The Labute approximate surface area is 172 Å². The number of ether oxygens (including phenoxy) is 1. The van der Waals surface area contributed by atoms with E-state index < -0.39 is 0 Å². The van der Waals surface area contributed by atoms with Gasteiger partial charge >= 0.3 is 0 Å². The molecule has 0 bridgehead atoms. The van der Waals surface area contributed by atoms with E-state index in [1.165, 1.54) is 17.3 Å². The number of hydrogen-bond acceptors (Lipinski definition) is 4. The molecule has 0 aliphatic carbocycles. The average molecular weight is 426 g/mol. The first kappa shape index (κ1) is 19.5. The van der Waals surface area contributed by atoms with Crippen molar-refractivity contribution in [3.8, 4) is 5.75 Å². The Balaban J connectivity index is 1.71. The number of carbonyl (C=O) groups excluding carboxylic acids is 1. The number of thiocarbonyl (C=S) groups is 1. The maximum atomic E-state index is 12.8. The highest BCUT2D eigenvalue weighted by atomic mass is 35.5. The van der Waals surface area contributed by atoms with Crippen molar-refractivity contribution in [1.82, 2.24) is 4.90 Å². The van der Waals surface area contributed by atoms with Crippen LogP contribution < -0.4 is 4.74 Å². The highest BCUT2D eigenvalue weighted by Gasteiger charge is 2.37. The number of thioether (sulfide) groups is 1. The van der Waals surface area contributed by atoms with Crippen molar-refractivity contribution in [3.05, 3.63) is 63.6 Å². The smallest absolute Gasteiger partial charge is 0.241 e. The van der Waals surface area contributed by atoms with Crippen molar-refractivity contribution < 1.29 is 9.53 Å². The summed E-state index contributed by atoms with van der Waals surface area (Å²) in [6.07, 6.45) is 1.24. The fourth-order valence-corrected chi connectivity index (χ4v) is 5.09. The monoisotopic (exact) mass is 425 g/mol. The van der Waals surface area contributed by atoms with Crippen LogP contribution in [0.25, 0.3) is 0 Å². The summed E-state index contributed by atoms with van der Waals surface area (Å²) >= 11 is 19.1. The maximum Gasteiger partial charge on any atom is 0.241 e. The second-order valence-corrected chi connectivity index (χ2v) is 8.56. The molecule has 1 heterocycles. The zero-order chi connectivity index (χ0) is 18.7. The van der Waals surface area contributed by atoms with Gasteiger partial charge in [0, 0.05) is 11.6 Å². The molecule has 0 unspecified atom stereocenters. The van der Waals surface area contributed by atoms with Gasteiger partial charge in [0.2, 0.25) is 5.91 Å². The largest absolute Gasteiger partial charge is 0.495 e. The van der Waals surface area contributed by atoms with E-state index in [4.69, 9.17) is 40.2 Å². The number of benzene rings is 2. The maximum absolute atomic E-state index is 12.8. The van der Waals surface area contributed by atoms with Crippen molar-refractivity contribution in [1.29, 1.82) is 0 Å². The summed E-state index contributed by atoms with van der Waals surface area (Å²) < 4.78 is 5.99. The van der Waals surface area contributed by atoms with Gasteiger partial charge in [0.05, 0.1) is 17.4 Å². The van der Waals surface area contributed by atoms with Gasteiger partial charge in [-0.1, -0.05) is 77.5 Å². The second-order valence-electron chi connectivity index (χ2n) is 5.88. The summed E-state index contributed by atoms with van der Waals surface area (Å²) in [4.78, 5) is 14.5. The van der Waals surface area contributed by atoms with Gasteiger partial charge in [-0.05, 0) is 36.1 Å². The Kier molecular flexibility index (Phi) is 6.46. The quantitative estimate of drug-likeness (QED) is 0.607. The molecule has 7 heteroatoms. The lowest BCUT2D eigenvalue weighted by Crippen LogP contribution is -2.33. The van der Waals surface area contributed by atoms with Crippen molar-refractivity contribution in [2.45, 2.75) is 18.1 Å². The summed E-state index contributed by atoms with van der Waals surface area (Å²) in [6.45, 7) is 0.582. The molecular weight excluding hydrogens is 409 g/mol. The van der Waals surface area contributed by atoms with Crippen molar-refractivity contribution in [2.75, 3.05) is 13.7 Å². The summed E-state index contributed by atoms with van der Waals surface area (Å²) in [5.74, 6) is 0.576. The minimum Gasteiger partial charge on any atom is -0.495 e. The van der Waals surface area contributed by atoms with Crippen LogP contribution in [0.1, 0.15) is 11.1 Å². The Morgan fingerprint density at radius 1 is 1.23 bits per heavy atom. The zero-order valence-corrected chi connectivity index (χ0v) is 17.2. The fourth-order valence-electron chi connectivity index (χ4n) is 2.91. The Bertz CT molecular complexity index is 830. The van der Waals surface area contributed by atoms with E-state index in [-0.39, 0.29) is 11.2 Å². The first-order valence-corrected chi connectivity index (χ1v) is 10.1. The molecule has 0 aromatic heterocycles. The first-order valence-electron chi connectivity index (χ1n) is 8.07. The topological polar surface area (TPSA) is 29.5 Å². The predicted octanol–water partition coefficient (Wildman–Crippen LogP) is 5.02. The molecular formula is C19H17Cl2NO2S2. The first-order chi connectivity index (χ1) is 12.5. The Morgan fingerprint density at radius 3 is 2.65 bits per heavy atom. The minimum atomic E-state index is -0.290. The van der Waals surface area contributed by atoms with Crippen molar-refractivity contribution in [3.63, 3.8) is 0 Å². The van der Waals surface area contributed by atoms with Crippen LogP contribution in [0.5, 0.6) is 5.75 Å². The number of rotatable bonds is 6. The van der Waals surface area contributed by atoms with E-state index in [0.29, 0.717) is 33.1 Å². The predicted molar refractivity (Wildman–Crippen MR) is 113 cm³/mol. The summed E-state index contributed by atoms with van der Waals surface area (Å²) in [5, 5.41) is 0.667. The fraction of sp³-hybridized carbons (Fsp3) is 0.263. The van der Waals surface area contributed by atoms with Crippen LogP contribution >= 0.6 is 47.2 Å². The molecule has 0 spiro atoms. The van der Waals surface area contributed by atoms with Crippen LogP contribution in [0.4, 0.5) is 0 Å². The van der Waals surface area contributed by atoms with E-state index >= 15 is 0 Å². The van der Waals surface area contributed by atoms with E-state index in [0.717, 1.165) is 12.0 Å². The van der Waals surface area contributed by atoms with Gasteiger partial charge in [-0.3, -0.25) is 9.69 Å². The van der Waals surface area contributed by atoms with Crippen LogP contribution in [0.15, 0.2) is 42.5 Å². The highest BCUT2D eigenvalue weighted by molar-refractivity contribution is 8.24. The second kappa shape index (κ2) is 8.61. The zero-order valence-electron chi connectivity index (χ0n) is 14.1. The number of nitrogens with zero attached hydrogens (tertiary/aromatic N) is 1. The third kappa shape index (κ3) is 4.34. The van der Waals surface area contributed by atoms with Crippen LogP contribution in [0, 0.1) is 0 Å². The molecule has 1 fully saturated rings. The molecule has 3 rings (SSSR count). The lowest BCUT2D eigenvalue weighted by atomic mass is 10.1. The number of halogens is 2.